The summed E-state index contributed by atoms with van der Waals surface area (Å²) in [6, 6.07) is 0. The van der Waals surface area contributed by atoms with Crippen LogP contribution in [0.4, 0.5) is 5.95 Å². The highest BCUT2D eigenvalue weighted by molar-refractivity contribution is 8.07. The zero-order valence-electron chi connectivity index (χ0n) is 20.8. The lowest BCUT2D eigenvalue weighted by atomic mass is 10.1. The lowest BCUT2D eigenvalue weighted by molar-refractivity contribution is -0.0734. The molecular weight excluding hydrogens is 569 g/mol. The number of ether oxygens (including phenoxy) is 2. The highest BCUT2D eigenvalue weighted by Gasteiger charge is 2.45. The third-order valence-electron chi connectivity index (χ3n) is 7.14. The number of anilines is 1. The van der Waals surface area contributed by atoms with Crippen molar-refractivity contribution in [1.29, 1.82) is 0 Å². The van der Waals surface area contributed by atoms with E-state index in [4.69, 9.17) is 41.8 Å². The number of nitrogens with zero attached hydrogens (tertiary/aromatic N) is 6. The molecule has 2 aromatic heterocycles. The number of aromatic amines is 1. The molecule has 2 saturated heterocycles. The van der Waals surface area contributed by atoms with E-state index in [0.29, 0.717) is 5.84 Å². The quantitative estimate of drug-likeness (QED) is 0.185. The summed E-state index contributed by atoms with van der Waals surface area (Å²) in [4.78, 5) is 43.9. The van der Waals surface area contributed by atoms with Crippen molar-refractivity contribution >= 4 is 47.8 Å². The van der Waals surface area contributed by atoms with Gasteiger partial charge in [-0.05, 0) is 11.8 Å². The van der Waals surface area contributed by atoms with Gasteiger partial charge in [0.05, 0.1) is 37.7 Å². The van der Waals surface area contributed by atoms with Crippen LogP contribution in [0.3, 0.4) is 0 Å². The summed E-state index contributed by atoms with van der Waals surface area (Å²) < 4.78 is 24.7. The molecule has 17 nitrogen and oxygen atoms in total. The van der Waals surface area contributed by atoms with Gasteiger partial charge in [0.25, 0.3) is 5.56 Å². The van der Waals surface area contributed by atoms with Crippen LogP contribution in [-0.4, -0.2) is 102 Å². The van der Waals surface area contributed by atoms with E-state index in [0.717, 1.165) is 0 Å². The molecule has 0 aromatic carbocycles. The maximum absolute atomic E-state index is 12.2. The predicted octanol–water partition coefficient (Wildman–Crippen LogP) is -1.75. The third kappa shape index (κ3) is 5.06. The van der Waals surface area contributed by atoms with Crippen molar-refractivity contribution in [2.45, 2.75) is 55.9 Å². The topological polar surface area (TPSA) is 241 Å². The van der Waals surface area contributed by atoms with E-state index in [-0.39, 0.29) is 55.3 Å². The van der Waals surface area contributed by atoms with Crippen LogP contribution in [-0.2, 0) is 30.3 Å². The summed E-state index contributed by atoms with van der Waals surface area (Å²) in [5.74, 6) is 0.145. The van der Waals surface area contributed by atoms with Crippen molar-refractivity contribution in [3.05, 3.63) is 29.0 Å². The zero-order chi connectivity index (χ0) is 28.2. The number of aliphatic hydroxyl groups is 2. The molecule has 0 saturated carbocycles. The van der Waals surface area contributed by atoms with Gasteiger partial charge in [0.15, 0.2) is 17.4 Å². The number of H-pyrrole nitrogens is 1. The van der Waals surface area contributed by atoms with Crippen LogP contribution < -0.4 is 17.0 Å². The Morgan fingerprint density at radius 2 is 2.12 bits per heavy atom. The fraction of sp³-hybridized carbons (Fsp3) is 0.571. The molecule has 2 fully saturated rings. The summed E-state index contributed by atoms with van der Waals surface area (Å²) in [6.07, 6.45) is 1.82. The second-order valence-corrected chi connectivity index (χ2v) is 12.5. The Kier molecular flexibility index (Phi) is 7.22. The van der Waals surface area contributed by atoms with Gasteiger partial charge in [0.2, 0.25) is 5.95 Å². The van der Waals surface area contributed by atoms with Crippen LogP contribution in [0.5, 0.6) is 0 Å². The number of imidazole rings is 1. The maximum atomic E-state index is 12.2. The van der Waals surface area contributed by atoms with Crippen LogP contribution in [0.15, 0.2) is 33.4 Å². The molecule has 4 aliphatic heterocycles. The number of hydrogen-bond acceptors (Lipinski definition) is 15. The van der Waals surface area contributed by atoms with Crippen LogP contribution in [0.2, 0.25) is 0 Å². The minimum Gasteiger partial charge on any atom is -0.394 e. The molecular formula is C21H28N9O8PS. The SMILES string of the molecule is NC1=NC=NC2C1C=CN2[C@H]1C[C@H](O)[C@@H](COP(O)(=S)O[C@@H]2C[C@@H](CO)O[C@H]2n2cnc3c(=O)[nH]c(N)nc32)O1. The first-order valence-corrected chi connectivity index (χ1v) is 15.0. The Labute approximate surface area is 231 Å². The van der Waals surface area contributed by atoms with Gasteiger partial charge in [0.1, 0.15) is 36.8 Å². The molecule has 2 aromatic rings. The molecule has 6 heterocycles. The van der Waals surface area contributed by atoms with E-state index in [2.05, 4.69) is 24.9 Å². The van der Waals surface area contributed by atoms with E-state index in [1.807, 2.05) is 17.2 Å². The minimum absolute atomic E-state index is 0.0265. The number of nitrogens with two attached hydrogens (primary N) is 2. The molecule has 40 heavy (non-hydrogen) atoms. The first-order valence-electron chi connectivity index (χ1n) is 12.4. The molecule has 3 unspecified atom stereocenters. The van der Waals surface area contributed by atoms with Gasteiger partial charge in [-0.15, -0.1) is 0 Å². The van der Waals surface area contributed by atoms with Crippen LogP contribution >= 0.6 is 6.72 Å². The minimum atomic E-state index is -3.90. The van der Waals surface area contributed by atoms with E-state index < -0.39 is 49.1 Å². The molecule has 0 amide bonds. The average molecular weight is 598 g/mol. The van der Waals surface area contributed by atoms with Gasteiger partial charge < -0.3 is 50.0 Å². The fourth-order valence-corrected chi connectivity index (χ4v) is 6.67. The summed E-state index contributed by atoms with van der Waals surface area (Å²) in [6.45, 7) is -4.47. The lowest BCUT2D eigenvalue weighted by Gasteiger charge is -2.32. The number of nitrogens with one attached hydrogen (secondary N) is 1. The van der Waals surface area contributed by atoms with Gasteiger partial charge >= 0.3 is 6.72 Å². The Bertz CT molecular complexity index is 1480. The number of amidine groups is 1. The van der Waals surface area contributed by atoms with E-state index >= 15 is 0 Å². The van der Waals surface area contributed by atoms with Crippen LogP contribution in [0.1, 0.15) is 19.1 Å². The molecule has 0 aliphatic carbocycles. The van der Waals surface area contributed by atoms with Gasteiger partial charge in [-0.2, -0.15) is 4.98 Å². The molecule has 0 spiro atoms. The molecule has 0 radical (unpaired) electrons. The van der Waals surface area contributed by atoms with E-state index in [1.165, 1.54) is 17.2 Å². The second-order valence-electron chi connectivity index (χ2n) is 9.73. The normalized spacial score (nSPS) is 34.9. The van der Waals surface area contributed by atoms with Crippen LogP contribution in [0.25, 0.3) is 11.2 Å². The summed E-state index contributed by atoms with van der Waals surface area (Å²) in [7, 11) is 0. The van der Waals surface area contributed by atoms with Gasteiger partial charge in [-0.3, -0.25) is 14.3 Å². The monoisotopic (exact) mass is 597 g/mol. The van der Waals surface area contributed by atoms with Crippen molar-refractivity contribution in [3.63, 3.8) is 0 Å². The summed E-state index contributed by atoms with van der Waals surface area (Å²) >= 11 is 5.26. The van der Waals surface area contributed by atoms with Crippen molar-refractivity contribution < 1.29 is 33.6 Å². The van der Waals surface area contributed by atoms with Gasteiger partial charge in [0, 0.05) is 19.0 Å². The smallest absolute Gasteiger partial charge is 0.325 e. The first-order chi connectivity index (χ1) is 19.1. The zero-order valence-corrected chi connectivity index (χ0v) is 22.5. The molecule has 19 heteroatoms. The predicted molar refractivity (Wildman–Crippen MR) is 143 cm³/mol. The highest BCUT2D eigenvalue weighted by Crippen LogP contribution is 2.50. The Hall–Kier alpha value is -2.80. The number of aliphatic imine (C=N–C) groups is 2. The summed E-state index contributed by atoms with van der Waals surface area (Å²) in [5, 5.41) is 20.3. The van der Waals surface area contributed by atoms with E-state index in [1.54, 1.807) is 0 Å². The highest BCUT2D eigenvalue weighted by atomic mass is 32.5. The lowest BCUT2D eigenvalue weighted by Crippen LogP contribution is -2.43. The fourth-order valence-electron chi connectivity index (χ4n) is 5.23. The van der Waals surface area contributed by atoms with Crippen molar-refractivity contribution in [2.75, 3.05) is 18.9 Å². The van der Waals surface area contributed by atoms with Crippen molar-refractivity contribution in [3.8, 4) is 0 Å². The number of nitrogen functional groups attached to an aromatic ring is 1. The van der Waals surface area contributed by atoms with Gasteiger partial charge in [-0.25, -0.2) is 15.0 Å². The maximum Gasteiger partial charge on any atom is 0.325 e. The molecule has 216 valence electrons. The Morgan fingerprint density at radius 1 is 1.30 bits per heavy atom. The molecule has 6 rings (SSSR count). The number of aliphatic hydroxyl groups excluding tert-OH is 2. The van der Waals surface area contributed by atoms with Gasteiger partial charge in [-0.1, -0.05) is 6.08 Å². The van der Waals surface area contributed by atoms with Crippen molar-refractivity contribution in [2.24, 2.45) is 21.6 Å². The standard InChI is InChI=1S/C21H28N9O8PS/c22-16-10-1-2-29(17(10)25-7-24-16)14-4-11(32)13(37-14)6-35-39(34,40)38-12-3-9(5-31)36-20(12)30-8-26-15-18(30)27-21(23)28-19(15)33/h1-2,7-14,17,20,31-32H,3-6H2,(H,34,40)(H2,22,24,25)(H3,23,27,28,33)/t9-,10?,11-,12+,13+,14+,17?,20+,39?/m0/s1. The number of hydrogen-bond donors (Lipinski definition) is 6. The van der Waals surface area contributed by atoms with Crippen molar-refractivity contribution in [1.82, 2.24) is 24.4 Å². The molecule has 4 aliphatic rings. The average Bonchev–Trinajstić information content (AvgIpc) is 3.68. The second kappa shape index (κ2) is 10.6. The number of fused-ring (bicyclic) bond motifs is 2. The Morgan fingerprint density at radius 3 is 2.92 bits per heavy atom. The van der Waals surface area contributed by atoms with E-state index in [9.17, 15) is 19.9 Å². The number of aromatic nitrogens is 4. The Balaban J connectivity index is 1.11. The molecule has 9 atom stereocenters. The molecule has 8 N–H and O–H groups in total. The first kappa shape index (κ1) is 27.4. The molecule has 0 bridgehead atoms. The third-order valence-corrected chi connectivity index (χ3v) is 8.73. The van der Waals surface area contributed by atoms with Crippen LogP contribution in [0, 0.1) is 5.92 Å². The summed E-state index contributed by atoms with van der Waals surface area (Å²) in [5.41, 5.74) is 11.3. The largest absolute Gasteiger partial charge is 0.394 e. The number of rotatable bonds is 8.